The van der Waals surface area contributed by atoms with Gasteiger partial charge >= 0.3 is 0 Å². The van der Waals surface area contributed by atoms with Crippen LogP contribution in [0.15, 0.2) is 24.4 Å². The van der Waals surface area contributed by atoms with Crippen molar-refractivity contribution in [3.8, 4) is 22.9 Å². The summed E-state index contributed by atoms with van der Waals surface area (Å²) in [5.74, 6) is 1.61. The maximum atomic E-state index is 9.15. The van der Waals surface area contributed by atoms with Gasteiger partial charge in [0.1, 0.15) is 23.2 Å². The number of nitriles is 1. The first kappa shape index (κ1) is 13.0. The first-order valence-corrected chi connectivity index (χ1v) is 6.13. The quantitative estimate of drug-likeness (QED) is 0.883. The lowest BCUT2D eigenvalue weighted by Gasteiger charge is -2.13. The molecule has 98 valence electrons. The molecule has 1 aromatic heterocycles. The summed E-state index contributed by atoms with van der Waals surface area (Å²) in [6, 6.07) is 8.04. The Hall–Kier alpha value is -2.41. The first-order chi connectivity index (χ1) is 9.08. The number of H-pyrrole nitrogens is 1. The van der Waals surface area contributed by atoms with Crippen LogP contribution in [-0.2, 0) is 0 Å². The normalized spacial score (nSPS) is 10.5. The minimum Gasteiger partial charge on any atom is -0.496 e. The molecule has 1 aromatic carbocycles. The fraction of sp³-hybridized carbons (Fsp3) is 0.267. The molecular weight excluding hydrogens is 238 g/mol. The van der Waals surface area contributed by atoms with E-state index in [1.165, 1.54) is 0 Å². The Morgan fingerprint density at radius 1 is 1.37 bits per heavy atom. The van der Waals surface area contributed by atoms with Gasteiger partial charge in [0.05, 0.1) is 7.11 Å². The van der Waals surface area contributed by atoms with E-state index in [9.17, 15) is 0 Å². The van der Waals surface area contributed by atoms with Gasteiger partial charge in [-0.25, -0.2) is 0 Å². The molecule has 0 spiro atoms. The van der Waals surface area contributed by atoms with E-state index >= 15 is 0 Å². The summed E-state index contributed by atoms with van der Waals surface area (Å²) >= 11 is 0. The molecule has 0 amide bonds. The van der Waals surface area contributed by atoms with Gasteiger partial charge in [-0.2, -0.15) is 5.26 Å². The predicted octanol–water partition coefficient (Wildman–Crippen LogP) is 3.27. The van der Waals surface area contributed by atoms with Gasteiger partial charge < -0.3 is 15.5 Å². The number of methoxy groups -OCH3 is 1. The van der Waals surface area contributed by atoms with E-state index in [2.05, 4.69) is 24.9 Å². The molecule has 2 aromatic rings. The summed E-state index contributed by atoms with van der Waals surface area (Å²) in [4.78, 5) is 2.89. The Labute approximate surface area is 112 Å². The molecule has 0 saturated carbocycles. The molecule has 0 aliphatic rings. The third kappa shape index (κ3) is 2.27. The van der Waals surface area contributed by atoms with E-state index in [0.29, 0.717) is 17.3 Å². The molecular formula is C15H17N3O. The van der Waals surface area contributed by atoms with E-state index in [-0.39, 0.29) is 0 Å². The number of aromatic amines is 1. The molecule has 0 aliphatic heterocycles. The molecule has 19 heavy (non-hydrogen) atoms. The zero-order valence-corrected chi connectivity index (χ0v) is 11.3. The number of rotatable bonds is 3. The smallest absolute Gasteiger partial charge is 0.122 e. The molecule has 3 N–H and O–H groups in total. The number of hydrogen-bond donors (Lipinski definition) is 2. The lowest BCUT2D eigenvalue weighted by atomic mass is 9.96. The third-order valence-electron chi connectivity index (χ3n) is 3.19. The van der Waals surface area contributed by atoms with Crippen LogP contribution in [0.1, 0.15) is 30.9 Å². The van der Waals surface area contributed by atoms with Crippen LogP contribution in [0.5, 0.6) is 5.75 Å². The molecule has 0 saturated heterocycles. The Morgan fingerprint density at radius 2 is 2.11 bits per heavy atom. The molecule has 2 rings (SSSR count). The second kappa shape index (κ2) is 5.07. The minimum absolute atomic E-state index is 0.344. The van der Waals surface area contributed by atoms with Crippen molar-refractivity contribution in [3.63, 3.8) is 0 Å². The summed E-state index contributed by atoms with van der Waals surface area (Å²) in [5, 5.41) is 9.15. The third-order valence-corrected chi connectivity index (χ3v) is 3.19. The van der Waals surface area contributed by atoms with Crippen LogP contribution in [0.25, 0.3) is 11.1 Å². The van der Waals surface area contributed by atoms with Crippen molar-refractivity contribution in [2.75, 3.05) is 12.8 Å². The van der Waals surface area contributed by atoms with E-state index in [1.54, 1.807) is 13.3 Å². The Morgan fingerprint density at radius 3 is 2.68 bits per heavy atom. The van der Waals surface area contributed by atoms with Crippen LogP contribution >= 0.6 is 0 Å². The number of nitrogens with one attached hydrogen (secondary N) is 1. The first-order valence-electron chi connectivity index (χ1n) is 6.13. The van der Waals surface area contributed by atoms with Crippen molar-refractivity contribution in [2.45, 2.75) is 19.8 Å². The molecule has 0 aliphatic carbocycles. The van der Waals surface area contributed by atoms with Crippen molar-refractivity contribution in [1.29, 1.82) is 5.26 Å². The fourth-order valence-electron chi connectivity index (χ4n) is 2.14. The summed E-state index contributed by atoms with van der Waals surface area (Å²) in [6.07, 6.45) is 1.76. The van der Waals surface area contributed by atoms with E-state index in [1.807, 2.05) is 18.2 Å². The van der Waals surface area contributed by atoms with Crippen LogP contribution in [0.3, 0.4) is 0 Å². The van der Waals surface area contributed by atoms with Gasteiger partial charge in [-0.3, -0.25) is 0 Å². The molecule has 0 unspecified atom stereocenters. The van der Waals surface area contributed by atoms with Crippen LogP contribution in [-0.4, -0.2) is 12.1 Å². The van der Waals surface area contributed by atoms with Crippen molar-refractivity contribution < 1.29 is 4.74 Å². The van der Waals surface area contributed by atoms with E-state index in [4.69, 9.17) is 15.7 Å². The zero-order chi connectivity index (χ0) is 14.0. The zero-order valence-electron chi connectivity index (χ0n) is 11.3. The van der Waals surface area contributed by atoms with Gasteiger partial charge in [0, 0.05) is 11.8 Å². The van der Waals surface area contributed by atoms with Gasteiger partial charge in [0.2, 0.25) is 0 Å². The monoisotopic (exact) mass is 255 g/mol. The highest BCUT2D eigenvalue weighted by Gasteiger charge is 2.14. The van der Waals surface area contributed by atoms with Gasteiger partial charge in [-0.05, 0) is 29.2 Å². The number of nitrogens with zero attached hydrogens (tertiary/aromatic N) is 1. The largest absolute Gasteiger partial charge is 0.496 e. The molecule has 0 bridgehead atoms. The highest BCUT2D eigenvalue weighted by Crippen LogP contribution is 2.33. The predicted molar refractivity (Wildman–Crippen MR) is 76.0 cm³/mol. The lowest BCUT2D eigenvalue weighted by molar-refractivity contribution is 0.407. The van der Waals surface area contributed by atoms with Gasteiger partial charge in [0.25, 0.3) is 0 Å². The van der Waals surface area contributed by atoms with Crippen LogP contribution in [0.2, 0.25) is 0 Å². The standard InChI is InChI=1S/C15H17N3O/c1-9(2)11-6-10(4-5-14(11)19-3)13-8-18-15(17)12(13)7-16/h4-6,8-9,18H,17H2,1-3H3. The number of nitrogen functional groups attached to an aromatic ring is 1. The average molecular weight is 255 g/mol. The average Bonchev–Trinajstić information content (AvgIpc) is 2.78. The summed E-state index contributed by atoms with van der Waals surface area (Å²) < 4.78 is 5.36. The highest BCUT2D eigenvalue weighted by atomic mass is 16.5. The summed E-state index contributed by atoms with van der Waals surface area (Å²) in [7, 11) is 1.66. The molecule has 4 heteroatoms. The van der Waals surface area contributed by atoms with Crippen LogP contribution < -0.4 is 10.5 Å². The SMILES string of the molecule is COc1ccc(-c2c[nH]c(N)c2C#N)cc1C(C)C. The number of anilines is 1. The number of nitrogens with two attached hydrogens (primary N) is 1. The Balaban J connectivity index is 2.58. The fourth-order valence-corrected chi connectivity index (χ4v) is 2.14. The van der Waals surface area contributed by atoms with Gasteiger partial charge in [-0.15, -0.1) is 0 Å². The summed E-state index contributed by atoms with van der Waals surface area (Å²) in [5.41, 5.74) is 9.13. The Bertz CT molecular complexity index is 635. The summed E-state index contributed by atoms with van der Waals surface area (Å²) in [6.45, 7) is 4.22. The van der Waals surface area contributed by atoms with Crippen LogP contribution in [0, 0.1) is 11.3 Å². The van der Waals surface area contributed by atoms with Crippen molar-refractivity contribution in [2.24, 2.45) is 0 Å². The molecule has 0 fully saturated rings. The van der Waals surface area contributed by atoms with Crippen molar-refractivity contribution in [3.05, 3.63) is 35.5 Å². The van der Waals surface area contributed by atoms with Gasteiger partial charge in [-0.1, -0.05) is 19.9 Å². The minimum atomic E-state index is 0.344. The number of benzene rings is 1. The molecule has 0 radical (unpaired) electrons. The number of ether oxygens (including phenoxy) is 1. The molecule has 1 heterocycles. The maximum absolute atomic E-state index is 9.15. The van der Waals surface area contributed by atoms with E-state index < -0.39 is 0 Å². The maximum Gasteiger partial charge on any atom is 0.122 e. The number of aromatic nitrogens is 1. The Kier molecular flexibility index (Phi) is 3.48. The topological polar surface area (TPSA) is 74.8 Å². The second-order valence-electron chi connectivity index (χ2n) is 4.71. The number of hydrogen-bond acceptors (Lipinski definition) is 3. The molecule has 4 nitrogen and oxygen atoms in total. The van der Waals surface area contributed by atoms with Crippen LogP contribution in [0.4, 0.5) is 5.82 Å². The van der Waals surface area contributed by atoms with Crippen molar-refractivity contribution >= 4 is 5.82 Å². The lowest BCUT2D eigenvalue weighted by Crippen LogP contribution is -1.95. The second-order valence-corrected chi connectivity index (χ2v) is 4.71. The van der Waals surface area contributed by atoms with Gasteiger partial charge in [0.15, 0.2) is 0 Å². The van der Waals surface area contributed by atoms with E-state index in [0.717, 1.165) is 22.4 Å². The highest BCUT2D eigenvalue weighted by molar-refractivity contribution is 5.76. The van der Waals surface area contributed by atoms with Crippen molar-refractivity contribution in [1.82, 2.24) is 4.98 Å². The molecule has 0 atom stereocenters.